The van der Waals surface area contributed by atoms with Gasteiger partial charge in [0.15, 0.2) is 0 Å². The van der Waals surface area contributed by atoms with Crippen molar-refractivity contribution in [3.05, 3.63) is 95.5 Å². The minimum absolute atomic E-state index is 0.444. The van der Waals surface area contributed by atoms with Crippen LogP contribution in [0.15, 0.2) is 73.0 Å². The SMILES string of the molecule is [2H]c1ccnc(/C=C\c2ccccc2/C=C\c2cc([2H])ccn2)c1. The molecule has 22 heavy (non-hydrogen) atoms. The molecule has 2 heterocycles. The third-order valence-corrected chi connectivity index (χ3v) is 3.11. The van der Waals surface area contributed by atoms with Crippen LogP contribution in [0, 0.1) is 0 Å². The summed E-state index contributed by atoms with van der Waals surface area (Å²) < 4.78 is 15.3. The Bertz CT molecular complexity index is 827. The highest BCUT2D eigenvalue weighted by atomic mass is 14.7. The molecule has 0 saturated heterocycles. The normalized spacial score (nSPS) is 12.5. The second-order valence-electron chi connectivity index (χ2n) is 4.66. The molecule has 2 heteroatoms. The van der Waals surface area contributed by atoms with E-state index < -0.39 is 0 Å². The largest absolute Gasteiger partial charge is 0.257 e. The lowest BCUT2D eigenvalue weighted by Gasteiger charge is -2.00. The van der Waals surface area contributed by atoms with Crippen LogP contribution in [-0.2, 0) is 0 Å². The van der Waals surface area contributed by atoms with E-state index in [0.717, 1.165) is 22.5 Å². The van der Waals surface area contributed by atoms with Crippen molar-refractivity contribution in [2.24, 2.45) is 0 Å². The number of hydrogen-bond donors (Lipinski definition) is 0. The van der Waals surface area contributed by atoms with Crippen LogP contribution in [0.25, 0.3) is 24.3 Å². The highest BCUT2D eigenvalue weighted by Gasteiger charge is 1.95. The molecule has 0 aliphatic rings. The summed E-state index contributed by atoms with van der Waals surface area (Å²) in [5, 5.41) is 0. The zero-order valence-corrected chi connectivity index (χ0v) is 12.0. The lowest BCUT2D eigenvalue weighted by Crippen LogP contribution is -1.82. The molecule has 106 valence electrons. The molecule has 0 aliphatic carbocycles. The van der Waals surface area contributed by atoms with E-state index in [2.05, 4.69) is 9.97 Å². The van der Waals surface area contributed by atoms with E-state index in [-0.39, 0.29) is 0 Å². The summed E-state index contributed by atoms with van der Waals surface area (Å²) in [5.74, 6) is 0. The molecule has 0 N–H and O–H groups in total. The molecule has 0 aliphatic heterocycles. The fourth-order valence-electron chi connectivity index (χ4n) is 2.02. The van der Waals surface area contributed by atoms with Gasteiger partial charge in [-0.05, 0) is 47.5 Å². The van der Waals surface area contributed by atoms with Gasteiger partial charge in [0, 0.05) is 12.4 Å². The highest BCUT2D eigenvalue weighted by molar-refractivity contribution is 5.78. The van der Waals surface area contributed by atoms with Crippen molar-refractivity contribution in [1.82, 2.24) is 9.97 Å². The van der Waals surface area contributed by atoms with Gasteiger partial charge in [-0.2, -0.15) is 0 Å². The summed E-state index contributed by atoms with van der Waals surface area (Å²) in [5.41, 5.74) is 3.61. The number of pyridine rings is 2. The maximum absolute atomic E-state index is 7.63. The summed E-state index contributed by atoms with van der Waals surface area (Å²) in [4.78, 5) is 8.46. The van der Waals surface area contributed by atoms with E-state index in [4.69, 9.17) is 2.74 Å². The van der Waals surface area contributed by atoms with Crippen LogP contribution in [0.4, 0.5) is 0 Å². The van der Waals surface area contributed by atoms with E-state index >= 15 is 0 Å². The molecule has 0 fully saturated rings. The van der Waals surface area contributed by atoms with Gasteiger partial charge < -0.3 is 0 Å². The van der Waals surface area contributed by atoms with Gasteiger partial charge in [0.25, 0.3) is 0 Å². The van der Waals surface area contributed by atoms with Gasteiger partial charge in [0.2, 0.25) is 0 Å². The Kier molecular flexibility index (Phi) is 3.77. The van der Waals surface area contributed by atoms with Crippen LogP contribution in [0.5, 0.6) is 0 Å². The minimum Gasteiger partial charge on any atom is -0.257 e. The van der Waals surface area contributed by atoms with Gasteiger partial charge in [-0.15, -0.1) is 0 Å². The summed E-state index contributed by atoms with van der Waals surface area (Å²) >= 11 is 0. The number of rotatable bonds is 4. The molecule has 1 aromatic carbocycles. The number of aromatic nitrogens is 2. The van der Waals surface area contributed by atoms with Gasteiger partial charge in [0.1, 0.15) is 0 Å². The fraction of sp³-hybridized carbons (Fsp3) is 0. The lowest BCUT2D eigenvalue weighted by molar-refractivity contribution is 1.30. The van der Waals surface area contributed by atoms with Crippen molar-refractivity contribution in [1.29, 1.82) is 0 Å². The zero-order chi connectivity index (χ0) is 16.8. The van der Waals surface area contributed by atoms with Crippen molar-refractivity contribution < 1.29 is 2.74 Å². The summed E-state index contributed by atoms with van der Waals surface area (Å²) in [6.45, 7) is 0. The average Bonchev–Trinajstić information content (AvgIpc) is 2.59. The van der Waals surface area contributed by atoms with Crippen molar-refractivity contribution in [3.63, 3.8) is 0 Å². The lowest BCUT2D eigenvalue weighted by atomic mass is 10.1. The van der Waals surface area contributed by atoms with Crippen LogP contribution < -0.4 is 0 Å². The molecule has 0 spiro atoms. The van der Waals surface area contributed by atoms with Crippen LogP contribution in [-0.4, -0.2) is 9.97 Å². The maximum atomic E-state index is 7.63. The first-order chi connectivity index (χ1) is 11.7. The smallest absolute Gasteiger partial charge is 0.0629 e. The first kappa shape index (κ1) is 11.6. The molecule has 0 saturated carbocycles. The Morgan fingerprint density at radius 1 is 0.636 bits per heavy atom. The van der Waals surface area contributed by atoms with E-state index in [1.807, 2.05) is 48.6 Å². The molecule has 0 atom stereocenters. The van der Waals surface area contributed by atoms with Crippen LogP contribution in [0.1, 0.15) is 25.3 Å². The quantitative estimate of drug-likeness (QED) is 0.687. The molecule has 2 aromatic heterocycles. The fourth-order valence-corrected chi connectivity index (χ4v) is 2.02. The third-order valence-electron chi connectivity index (χ3n) is 3.11. The topological polar surface area (TPSA) is 25.8 Å². The highest BCUT2D eigenvalue weighted by Crippen LogP contribution is 2.15. The van der Waals surface area contributed by atoms with Crippen LogP contribution in [0.3, 0.4) is 0 Å². The Labute approximate surface area is 133 Å². The Morgan fingerprint density at radius 2 is 1.14 bits per heavy atom. The minimum atomic E-state index is 0.444. The second-order valence-corrected chi connectivity index (χ2v) is 4.66. The molecular weight excluding hydrogens is 268 g/mol. The first-order valence-corrected chi connectivity index (χ1v) is 7.01. The van der Waals surface area contributed by atoms with Gasteiger partial charge in [0.05, 0.1) is 14.1 Å². The Hall–Kier alpha value is -3.00. The predicted octanol–water partition coefficient (Wildman–Crippen LogP) is 4.82. The standard InChI is InChI=1S/C20H16N2/c1-2-8-18(12-14-20-10-4-6-16-22-20)17(7-1)11-13-19-9-3-5-15-21-19/h1-16H/b13-11-,14-12-/i3D,4D. The average molecular weight is 286 g/mol. The molecule has 0 radical (unpaired) electrons. The monoisotopic (exact) mass is 286 g/mol. The van der Waals surface area contributed by atoms with Gasteiger partial charge in [-0.1, -0.05) is 48.5 Å². The van der Waals surface area contributed by atoms with Gasteiger partial charge in [-0.3, -0.25) is 9.97 Å². The van der Waals surface area contributed by atoms with Crippen LogP contribution >= 0.6 is 0 Å². The zero-order valence-electron chi connectivity index (χ0n) is 14.0. The molecule has 3 rings (SSSR count). The molecule has 0 unspecified atom stereocenters. The van der Waals surface area contributed by atoms with Crippen molar-refractivity contribution in [3.8, 4) is 0 Å². The van der Waals surface area contributed by atoms with E-state index in [1.165, 1.54) is 0 Å². The Balaban J connectivity index is 1.85. The molecule has 0 amide bonds. The molecule has 0 bridgehead atoms. The van der Waals surface area contributed by atoms with Gasteiger partial charge >= 0.3 is 0 Å². The summed E-state index contributed by atoms with van der Waals surface area (Å²) in [7, 11) is 0. The summed E-state index contributed by atoms with van der Waals surface area (Å²) in [6, 6.07) is 15.6. The van der Waals surface area contributed by atoms with Crippen LogP contribution in [0.2, 0.25) is 0 Å². The Morgan fingerprint density at radius 3 is 1.59 bits per heavy atom. The van der Waals surface area contributed by atoms with E-state index in [9.17, 15) is 0 Å². The molecule has 3 aromatic rings. The number of benzene rings is 1. The van der Waals surface area contributed by atoms with Gasteiger partial charge in [-0.25, -0.2) is 0 Å². The maximum Gasteiger partial charge on any atom is 0.0629 e. The first-order valence-electron chi connectivity index (χ1n) is 8.01. The number of hydrogen-bond acceptors (Lipinski definition) is 2. The predicted molar refractivity (Wildman–Crippen MR) is 92.8 cm³/mol. The number of nitrogens with zero attached hydrogens (tertiary/aromatic N) is 2. The van der Waals surface area contributed by atoms with Crippen molar-refractivity contribution >= 4 is 24.3 Å². The molecular formula is C20H16N2. The van der Waals surface area contributed by atoms with Crippen molar-refractivity contribution in [2.45, 2.75) is 0 Å². The van der Waals surface area contributed by atoms with E-state index in [1.54, 1.807) is 36.7 Å². The second kappa shape index (κ2) is 7.14. The summed E-state index contributed by atoms with van der Waals surface area (Å²) in [6.07, 6.45) is 11.0. The van der Waals surface area contributed by atoms with Crippen molar-refractivity contribution in [2.75, 3.05) is 0 Å². The van der Waals surface area contributed by atoms with E-state index in [0.29, 0.717) is 12.1 Å². The molecule has 2 nitrogen and oxygen atoms in total. The third kappa shape index (κ3) is 3.76.